The number of nitrogens with zero attached hydrogens (tertiary/aromatic N) is 1. The molecule has 1 aliphatic rings. The Labute approximate surface area is 92.9 Å². The average molecular weight is 213 g/mol. The van der Waals surface area contributed by atoms with Gasteiger partial charge in [0.05, 0.1) is 5.92 Å². The van der Waals surface area contributed by atoms with Crippen LogP contribution in [0.5, 0.6) is 0 Å². The lowest BCUT2D eigenvalue weighted by Crippen LogP contribution is -2.02. The highest BCUT2D eigenvalue weighted by Gasteiger charge is 2.49. The minimum absolute atomic E-state index is 0.112. The van der Waals surface area contributed by atoms with Crippen molar-refractivity contribution in [3.8, 4) is 0 Å². The summed E-state index contributed by atoms with van der Waals surface area (Å²) in [6.45, 7) is 0. The van der Waals surface area contributed by atoms with Crippen molar-refractivity contribution in [2.75, 3.05) is 0 Å². The second-order valence-electron chi connectivity index (χ2n) is 4.26. The van der Waals surface area contributed by atoms with Crippen molar-refractivity contribution >= 4 is 10.8 Å². The van der Waals surface area contributed by atoms with Gasteiger partial charge in [-0.05, 0) is 16.3 Å². The third kappa shape index (κ3) is 1.36. The SMILES string of the molecule is O=[N+]([O-])C1CC1c1cccc2ccccc12. The van der Waals surface area contributed by atoms with Crippen LogP contribution in [0.2, 0.25) is 0 Å². The van der Waals surface area contributed by atoms with Gasteiger partial charge in [-0.15, -0.1) is 0 Å². The first kappa shape index (κ1) is 9.33. The van der Waals surface area contributed by atoms with Crippen LogP contribution in [0, 0.1) is 10.1 Å². The molecule has 0 aromatic heterocycles. The maximum absolute atomic E-state index is 10.7. The van der Waals surface area contributed by atoms with Gasteiger partial charge in [-0.2, -0.15) is 0 Å². The van der Waals surface area contributed by atoms with E-state index in [4.69, 9.17) is 0 Å². The fourth-order valence-electron chi connectivity index (χ4n) is 2.32. The molecule has 1 fully saturated rings. The van der Waals surface area contributed by atoms with Crippen molar-refractivity contribution in [1.29, 1.82) is 0 Å². The molecule has 0 radical (unpaired) electrons. The summed E-state index contributed by atoms with van der Waals surface area (Å²) in [5.74, 6) is 0.112. The van der Waals surface area contributed by atoms with E-state index in [0.717, 1.165) is 16.3 Å². The van der Waals surface area contributed by atoms with Gasteiger partial charge in [0.1, 0.15) is 0 Å². The second-order valence-corrected chi connectivity index (χ2v) is 4.26. The summed E-state index contributed by atoms with van der Waals surface area (Å²) >= 11 is 0. The molecule has 0 N–H and O–H groups in total. The van der Waals surface area contributed by atoms with E-state index in [1.54, 1.807) is 0 Å². The van der Waals surface area contributed by atoms with Crippen LogP contribution in [0.1, 0.15) is 17.9 Å². The van der Waals surface area contributed by atoms with Gasteiger partial charge in [-0.3, -0.25) is 10.1 Å². The van der Waals surface area contributed by atoms with Crippen molar-refractivity contribution in [2.45, 2.75) is 18.4 Å². The van der Waals surface area contributed by atoms with Crippen molar-refractivity contribution in [3.63, 3.8) is 0 Å². The molecule has 0 spiro atoms. The number of hydrogen-bond acceptors (Lipinski definition) is 2. The molecule has 1 aliphatic carbocycles. The van der Waals surface area contributed by atoms with E-state index in [0.29, 0.717) is 6.42 Å². The summed E-state index contributed by atoms with van der Waals surface area (Å²) in [7, 11) is 0. The molecule has 0 heterocycles. The van der Waals surface area contributed by atoms with Gasteiger partial charge < -0.3 is 0 Å². The molecule has 2 atom stereocenters. The fraction of sp³-hybridized carbons (Fsp3) is 0.231. The topological polar surface area (TPSA) is 43.1 Å². The molecule has 80 valence electrons. The maximum atomic E-state index is 10.7. The van der Waals surface area contributed by atoms with Crippen molar-refractivity contribution in [1.82, 2.24) is 0 Å². The molecule has 1 saturated carbocycles. The molecule has 3 heteroatoms. The van der Waals surface area contributed by atoms with Crippen LogP contribution in [-0.2, 0) is 0 Å². The van der Waals surface area contributed by atoms with E-state index in [2.05, 4.69) is 0 Å². The highest BCUT2D eigenvalue weighted by molar-refractivity contribution is 5.86. The Morgan fingerprint density at radius 1 is 1.12 bits per heavy atom. The standard InChI is InChI=1S/C13H11NO2/c15-14(16)13-8-12(13)11-7-3-5-9-4-1-2-6-10(9)11/h1-7,12-13H,8H2. The predicted molar refractivity (Wildman–Crippen MR) is 62.1 cm³/mol. The van der Waals surface area contributed by atoms with Gasteiger partial charge >= 0.3 is 0 Å². The maximum Gasteiger partial charge on any atom is 0.221 e. The van der Waals surface area contributed by atoms with Crippen LogP contribution in [0.25, 0.3) is 10.8 Å². The van der Waals surface area contributed by atoms with E-state index in [1.807, 2.05) is 42.5 Å². The van der Waals surface area contributed by atoms with Crippen LogP contribution in [0.4, 0.5) is 0 Å². The first-order valence-electron chi connectivity index (χ1n) is 5.38. The molecule has 16 heavy (non-hydrogen) atoms. The second kappa shape index (κ2) is 3.30. The Morgan fingerprint density at radius 2 is 1.88 bits per heavy atom. The molecule has 0 amide bonds. The van der Waals surface area contributed by atoms with Crippen molar-refractivity contribution in [2.24, 2.45) is 0 Å². The van der Waals surface area contributed by atoms with Gasteiger partial charge in [0.2, 0.25) is 6.04 Å². The number of hydrogen-bond donors (Lipinski definition) is 0. The molecule has 2 unspecified atom stereocenters. The Morgan fingerprint density at radius 3 is 2.62 bits per heavy atom. The summed E-state index contributed by atoms with van der Waals surface area (Å²) in [5.41, 5.74) is 1.12. The quantitative estimate of drug-likeness (QED) is 0.568. The van der Waals surface area contributed by atoms with E-state index < -0.39 is 0 Å². The van der Waals surface area contributed by atoms with Crippen LogP contribution >= 0.6 is 0 Å². The lowest BCUT2D eigenvalue weighted by molar-refractivity contribution is -0.496. The molecular formula is C13H11NO2. The lowest BCUT2D eigenvalue weighted by atomic mass is 10.0. The van der Waals surface area contributed by atoms with Crippen LogP contribution in [-0.4, -0.2) is 11.0 Å². The average Bonchev–Trinajstić information content (AvgIpc) is 3.08. The van der Waals surface area contributed by atoms with Crippen LogP contribution < -0.4 is 0 Å². The van der Waals surface area contributed by atoms with Crippen molar-refractivity contribution in [3.05, 3.63) is 58.1 Å². The Bertz CT molecular complexity index is 559. The molecule has 0 bridgehead atoms. The van der Waals surface area contributed by atoms with E-state index in [1.165, 1.54) is 0 Å². The minimum Gasteiger partial charge on any atom is -0.264 e. The van der Waals surface area contributed by atoms with E-state index >= 15 is 0 Å². The zero-order valence-electron chi connectivity index (χ0n) is 8.67. The van der Waals surface area contributed by atoms with Crippen molar-refractivity contribution < 1.29 is 4.92 Å². The normalized spacial score (nSPS) is 23.2. The summed E-state index contributed by atoms with van der Waals surface area (Å²) in [6, 6.07) is 13.7. The van der Waals surface area contributed by atoms with Gasteiger partial charge in [-0.1, -0.05) is 42.5 Å². The number of benzene rings is 2. The summed E-state index contributed by atoms with van der Waals surface area (Å²) in [6.07, 6.45) is 0.682. The Kier molecular flexibility index (Phi) is 1.93. The molecule has 0 saturated heterocycles. The molecule has 3 rings (SSSR count). The largest absolute Gasteiger partial charge is 0.264 e. The highest BCUT2D eigenvalue weighted by atomic mass is 16.6. The van der Waals surface area contributed by atoms with Crippen LogP contribution in [0.15, 0.2) is 42.5 Å². The molecular weight excluding hydrogens is 202 g/mol. The Balaban J connectivity index is 2.08. The monoisotopic (exact) mass is 213 g/mol. The van der Waals surface area contributed by atoms with Gasteiger partial charge in [0.25, 0.3) is 0 Å². The zero-order chi connectivity index (χ0) is 11.1. The summed E-state index contributed by atoms with van der Waals surface area (Å²) in [5, 5.41) is 13.0. The highest BCUT2D eigenvalue weighted by Crippen LogP contribution is 2.45. The summed E-state index contributed by atoms with van der Waals surface area (Å²) < 4.78 is 0. The van der Waals surface area contributed by atoms with Gasteiger partial charge in [-0.25, -0.2) is 0 Å². The predicted octanol–water partition coefficient (Wildman–Crippen LogP) is 2.97. The van der Waals surface area contributed by atoms with E-state index in [-0.39, 0.29) is 16.9 Å². The third-order valence-corrected chi connectivity index (χ3v) is 3.25. The van der Waals surface area contributed by atoms with Crippen LogP contribution in [0.3, 0.4) is 0 Å². The third-order valence-electron chi connectivity index (χ3n) is 3.25. The number of rotatable bonds is 2. The smallest absolute Gasteiger partial charge is 0.221 e. The van der Waals surface area contributed by atoms with E-state index in [9.17, 15) is 10.1 Å². The Hall–Kier alpha value is -1.90. The lowest BCUT2D eigenvalue weighted by Gasteiger charge is -2.03. The molecule has 3 nitrogen and oxygen atoms in total. The zero-order valence-corrected chi connectivity index (χ0v) is 8.67. The summed E-state index contributed by atoms with van der Waals surface area (Å²) in [4.78, 5) is 10.5. The fourth-order valence-corrected chi connectivity index (χ4v) is 2.32. The first-order valence-corrected chi connectivity index (χ1v) is 5.38. The number of nitro groups is 1. The van der Waals surface area contributed by atoms with Gasteiger partial charge in [0, 0.05) is 11.3 Å². The number of fused-ring (bicyclic) bond motifs is 1. The molecule has 2 aromatic carbocycles. The van der Waals surface area contributed by atoms with Gasteiger partial charge in [0.15, 0.2) is 0 Å². The first-order chi connectivity index (χ1) is 7.77. The minimum atomic E-state index is -0.370. The molecule has 2 aromatic rings. The molecule has 0 aliphatic heterocycles.